The fourth-order valence-corrected chi connectivity index (χ4v) is 10.3. The van der Waals surface area contributed by atoms with E-state index in [-0.39, 0.29) is 12.5 Å². The van der Waals surface area contributed by atoms with Gasteiger partial charge in [0.05, 0.1) is 25.4 Å². The molecule has 1 amide bonds. The van der Waals surface area contributed by atoms with Gasteiger partial charge in [-0.1, -0.05) is 302 Å². The highest BCUT2D eigenvalue weighted by molar-refractivity contribution is 5.76. The van der Waals surface area contributed by atoms with Gasteiger partial charge in [-0.3, -0.25) is 4.79 Å². The number of rotatable bonds is 59. The second-order valence-electron chi connectivity index (χ2n) is 23.6. The number of carbonyl (C=O) groups is 1. The van der Waals surface area contributed by atoms with Crippen molar-refractivity contribution < 1.29 is 39.8 Å². The Morgan fingerprint density at radius 3 is 1.14 bits per heavy atom. The van der Waals surface area contributed by atoms with Crippen LogP contribution in [0.25, 0.3) is 0 Å². The van der Waals surface area contributed by atoms with Crippen molar-refractivity contribution in [3.8, 4) is 0 Å². The van der Waals surface area contributed by atoms with Gasteiger partial charge in [0.1, 0.15) is 24.4 Å². The number of carbonyl (C=O) groups excluding carboxylic acids is 1. The topological polar surface area (TPSA) is 149 Å². The Hall–Kier alpha value is -3.41. The van der Waals surface area contributed by atoms with Crippen molar-refractivity contribution >= 4 is 5.91 Å². The van der Waals surface area contributed by atoms with E-state index < -0.39 is 49.5 Å². The number of aliphatic hydroxyl groups excluding tert-OH is 5. The van der Waals surface area contributed by atoms with Crippen LogP contribution >= 0.6 is 0 Å². The largest absolute Gasteiger partial charge is 0.394 e. The van der Waals surface area contributed by atoms with Crippen molar-refractivity contribution in [3.63, 3.8) is 0 Å². The van der Waals surface area contributed by atoms with E-state index in [2.05, 4.69) is 129 Å². The number of allylic oxidation sites excluding steroid dienone is 19. The van der Waals surface area contributed by atoms with E-state index in [0.717, 1.165) is 89.9 Å². The smallest absolute Gasteiger partial charge is 0.220 e. The Kier molecular flexibility index (Phi) is 58.6. The molecule has 0 aromatic rings. The van der Waals surface area contributed by atoms with Gasteiger partial charge in [-0.05, 0) is 103 Å². The van der Waals surface area contributed by atoms with Gasteiger partial charge in [-0.25, -0.2) is 0 Å². The SMILES string of the molecule is CC/C=C\C/C=C\C/C=C\C/C=C\C/C=C\C/C=C\C/C=C\CCCCCCCCCCCCCCCCCCCCCC(=O)NC(COC1OC(CO)C(O)C(O)C1O)C(O)/C=C/CC/C=C/CC/C=C/CCCCCCCCCCCC. The second-order valence-corrected chi connectivity index (χ2v) is 23.6. The first-order valence-electron chi connectivity index (χ1n) is 34.8. The summed E-state index contributed by atoms with van der Waals surface area (Å²) in [5.41, 5.74) is 0. The number of unbranched alkanes of at least 4 members (excludes halogenated alkanes) is 31. The van der Waals surface area contributed by atoms with Crippen LogP contribution in [0.3, 0.4) is 0 Å². The van der Waals surface area contributed by atoms with Crippen molar-refractivity contribution in [3.05, 3.63) is 122 Å². The molecule has 0 aromatic heterocycles. The summed E-state index contributed by atoms with van der Waals surface area (Å²) in [5, 5.41) is 54.7. The normalized spacial score (nSPS) is 19.0. The maximum absolute atomic E-state index is 13.1. The second kappa shape index (κ2) is 62.6. The summed E-state index contributed by atoms with van der Waals surface area (Å²) in [6.45, 7) is 3.66. The van der Waals surface area contributed by atoms with E-state index in [1.165, 1.54) is 180 Å². The molecule has 0 bridgehead atoms. The van der Waals surface area contributed by atoms with Gasteiger partial charge in [-0.15, -0.1) is 0 Å². The van der Waals surface area contributed by atoms with Crippen LogP contribution in [-0.2, 0) is 14.3 Å². The summed E-state index contributed by atoms with van der Waals surface area (Å²) < 4.78 is 11.3. The molecular weight excluding hydrogens is 1040 g/mol. The Labute approximate surface area is 516 Å². The van der Waals surface area contributed by atoms with Gasteiger partial charge in [0.15, 0.2) is 6.29 Å². The summed E-state index contributed by atoms with van der Waals surface area (Å²) in [4.78, 5) is 13.1. The standard InChI is InChI=1S/C75H129NO8/c1-3-5-7-9-11-13-15-17-19-21-23-25-26-27-28-29-30-31-32-33-34-35-36-37-38-39-40-41-42-43-44-45-47-49-51-53-55-57-59-61-63-65-71(79)76-68(67-83-75-74(82)73(81)72(80)70(66-77)84-75)69(78)64-62-60-58-56-54-52-50-48-46-24-22-20-18-16-14-12-10-8-6-4-2/h5,7,11,13,17,19,23,25,27-28,30-31,33-34,46,48,54,56,62,64,68-70,72-75,77-78,80-82H,3-4,6,8-10,12,14-16,18,20-22,24,26,29,32,35-45,47,49-53,55,57-61,63,65-67H2,1-2H3,(H,76,79)/b7-5-,13-11-,19-17-,25-23-,28-27-,31-30-,34-33-,48-46+,56-54+,64-62+. The van der Waals surface area contributed by atoms with Gasteiger partial charge < -0.3 is 40.3 Å². The molecule has 84 heavy (non-hydrogen) atoms. The molecule has 0 radical (unpaired) electrons. The Morgan fingerprint density at radius 1 is 0.417 bits per heavy atom. The number of hydrogen-bond acceptors (Lipinski definition) is 8. The number of amides is 1. The average molecular weight is 1170 g/mol. The molecule has 9 nitrogen and oxygen atoms in total. The molecular formula is C75H129NO8. The number of hydrogen-bond donors (Lipinski definition) is 6. The molecule has 0 saturated carbocycles. The molecule has 0 spiro atoms. The molecule has 1 aliphatic rings. The summed E-state index contributed by atoms with van der Waals surface area (Å²) >= 11 is 0. The van der Waals surface area contributed by atoms with Gasteiger partial charge in [0, 0.05) is 6.42 Å². The Morgan fingerprint density at radius 2 is 0.750 bits per heavy atom. The van der Waals surface area contributed by atoms with Crippen LogP contribution in [0.1, 0.15) is 290 Å². The Balaban J connectivity index is 2.11. The molecule has 1 rings (SSSR count). The fraction of sp³-hybridized carbons (Fsp3) is 0.720. The quantitative estimate of drug-likeness (QED) is 0.0261. The molecule has 6 N–H and O–H groups in total. The Bertz CT molecular complexity index is 1740. The van der Waals surface area contributed by atoms with Gasteiger partial charge in [0.25, 0.3) is 0 Å². The van der Waals surface area contributed by atoms with Crippen LogP contribution < -0.4 is 5.32 Å². The van der Waals surface area contributed by atoms with Crippen LogP contribution in [-0.4, -0.2) is 87.5 Å². The summed E-state index contributed by atoms with van der Waals surface area (Å²) in [6.07, 6.45) is 87.3. The maximum atomic E-state index is 13.1. The molecule has 0 aliphatic carbocycles. The maximum Gasteiger partial charge on any atom is 0.220 e. The lowest BCUT2D eigenvalue weighted by Gasteiger charge is -2.40. The minimum absolute atomic E-state index is 0.191. The van der Waals surface area contributed by atoms with Crippen molar-refractivity contribution in [2.45, 2.75) is 333 Å². The van der Waals surface area contributed by atoms with E-state index in [0.29, 0.717) is 6.42 Å². The molecule has 1 saturated heterocycles. The minimum atomic E-state index is -1.58. The minimum Gasteiger partial charge on any atom is -0.394 e. The number of nitrogens with one attached hydrogen (secondary N) is 1. The summed E-state index contributed by atoms with van der Waals surface area (Å²) in [7, 11) is 0. The van der Waals surface area contributed by atoms with Crippen LogP contribution in [0.5, 0.6) is 0 Å². The molecule has 7 unspecified atom stereocenters. The van der Waals surface area contributed by atoms with Crippen LogP contribution in [0.4, 0.5) is 0 Å². The first-order chi connectivity index (χ1) is 41.3. The van der Waals surface area contributed by atoms with Crippen molar-refractivity contribution in [1.29, 1.82) is 0 Å². The van der Waals surface area contributed by atoms with Crippen molar-refractivity contribution in [2.75, 3.05) is 13.2 Å². The van der Waals surface area contributed by atoms with Crippen molar-refractivity contribution in [1.82, 2.24) is 5.32 Å². The lowest BCUT2D eigenvalue weighted by atomic mass is 9.99. The molecule has 1 heterocycles. The highest BCUT2D eigenvalue weighted by atomic mass is 16.7. The zero-order valence-electron chi connectivity index (χ0n) is 53.9. The zero-order valence-corrected chi connectivity index (χ0v) is 53.9. The average Bonchev–Trinajstić information content (AvgIpc) is 3.70. The molecule has 0 aromatic carbocycles. The van der Waals surface area contributed by atoms with Crippen LogP contribution in [0.15, 0.2) is 122 Å². The lowest BCUT2D eigenvalue weighted by molar-refractivity contribution is -0.302. The van der Waals surface area contributed by atoms with Gasteiger partial charge in [-0.2, -0.15) is 0 Å². The predicted molar refractivity (Wildman–Crippen MR) is 359 cm³/mol. The van der Waals surface area contributed by atoms with Crippen molar-refractivity contribution in [2.24, 2.45) is 0 Å². The van der Waals surface area contributed by atoms with E-state index in [1.807, 2.05) is 6.08 Å². The van der Waals surface area contributed by atoms with E-state index in [4.69, 9.17) is 9.47 Å². The highest BCUT2D eigenvalue weighted by Gasteiger charge is 2.44. The highest BCUT2D eigenvalue weighted by Crippen LogP contribution is 2.23. The van der Waals surface area contributed by atoms with E-state index >= 15 is 0 Å². The number of aliphatic hydroxyl groups is 5. The lowest BCUT2D eigenvalue weighted by Crippen LogP contribution is -2.60. The van der Waals surface area contributed by atoms with E-state index in [1.54, 1.807) is 6.08 Å². The number of ether oxygens (including phenoxy) is 2. The fourth-order valence-electron chi connectivity index (χ4n) is 10.3. The summed E-state index contributed by atoms with van der Waals surface area (Å²) in [6, 6.07) is -0.834. The molecule has 7 atom stereocenters. The monoisotopic (exact) mass is 1170 g/mol. The first kappa shape index (κ1) is 78.6. The molecule has 1 aliphatic heterocycles. The molecule has 9 heteroatoms. The van der Waals surface area contributed by atoms with Gasteiger partial charge >= 0.3 is 0 Å². The summed E-state index contributed by atoms with van der Waals surface area (Å²) in [5.74, 6) is -0.191. The van der Waals surface area contributed by atoms with Crippen LogP contribution in [0.2, 0.25) is 0 Å². The van der Waals surface area contributed by atoms with Crippen LogP contribution in [0, 0.1) is 0 Å². The molecule has 482 valence electrons. The third-order valence-electron chi connectivity index (χ3n) is 15.7. The third-order valence-corrected chi connectivity index (χ3v) is 15.7. The predicted octanol–water partition coefficient (Wildman–Crippen LogP) is 19.0. The van der Waals surface area contributed by atoms with Gasteiger partial charge in [0.2, 0.25) is 5.91 Å². The first-order valence-corrected chi connectivity index (χ1v) is 34.8. The van der Waals surface area contributed by atoms with E-state index in [9.17, 15) is 30.3 Å². The molecule has 1 fully saturated rings. The third kappa shape index (κ3) is 50.7. The zero-order chi connectivity index (χ0) is 60.7.